The first-order valence-electron chi connectivity index (χ1n) is 7.09. The maximum absolute atomic E-state index is 13.4. The van der Waals surface area contributed by atoms with Crippen molar-refractivity contribution in [3.05, 3.63) is 60.2 Å². The van der Waals surface area contributed by atoms with Gasteiger partial charge >= 0.3 is 5.97 Å². The first-order valence-corrected chi connectivity index (χ1v) is 7.09. The van der Waals surface area contributed by atoms with Crippen molar-refractivity contribution in [2.24, 2.45) is 0 Å². The number of ether oxygens (including phenoxy) is 2. The predicted octanol–water partition coefficient (Wildman–Crippen LogP) is 2.91. The highest BCUT2D eigenvalue weighted by atomic mass is 19.1. The van der Waals surface area contributed by atoms with E-state index in [2.05, 4.69) is 0 Å². The van der Waals surface area contributed by atoms with Gasteiger partial charge in [0.05, 0.1) is 0 Å². The first-order chi connectivity index (χ1) is 11.5. The Morgan fingerprint density at radius 1 is 1.04 bits per heavy atom. The van der Waals surface area contributed by atoms with E-state index in [-0.39, 0.29) is 0 Å². The number of amides is 1. The topological polar surface area (TPSA) is 64.6 Å². The quantitative estimate of drug-likeness (QED) is 0.825. The molecule has 0 heterocycles. The summed E-state index contributed by atoms with van der Waals surface area (Å²) in [6.45, 7) is 0.777. The molecule has 0 aromatic heterocycles. The second kappa shape index (κ2) is 8.05. The average Bonchev–Trinajstić information content (AvgIpc) is 2.57. The summed E-state index contributed by atoms with van der Waals surface area (Å²) in [5.74, 6) is -3.01. The number of benzene rings is 2. The van der Waals surface area contributed by atoms with E-state index in [1.54, 1.807) is 30.3 Å². The number of carbonyl (C=O) groups excluding carboxylic acids is 2. The maximum Gasteiger partial charge on any atom is 0.347 e. The Morgan fingerprint density at radius 2 is 1.67 bits per heavy atom. The fourth-order valence-electron chi connectivity index (χ4n) is 1.80. The van der Waals surface area contributed by atoms with Crippen LogP contribution >= 0.6 is 0 Å². The number of carbonyl (C=O) groups is 2. The van der Waals surface area contributed by atoms with Crippen LogP contribution < -0.4 is 10.1 Å². The number of rotatable bonds is 6. The Kier molecular flexibility index (Phi) is 5.83. The van der Waals surface area contributed by atoms with Gasteiger partial charge in [0.2, 0.25) is 0 Å². The third-order valence-corrected chi connectivity index (χ3v) is 2.96. The smallest absolute Gasteiger partial charge is 0.347 e. The van der Waals surface area contributed by atoms with E-state index in [4.69, 9.17) is 9.47 Å². The van der Waals surface area contributed by atoms with Crippen LogP contribution in [0.3, 0.4) is 0 Å². The molecule has 1 amide bonds. The van der Waals surface area contributed by atoms with Crippen molar-refractivity contribution in [3.63, 3.8) is 0 Å². The molecule has 0 radical (unpaired) electrons. The predicted molar refractivity (Wildman–Crippen MR) is 82.5 cm³/mol. The van der Waals surface area contributed by atoms with Gasteiger partial charge in [-0.3, -0.25) is 4.79 Å². The summed E-state index contributed by atoms with van der Waals surface area (Å²) in [4.78, 5) is 23.4. The lowest BCUT2D eigenvalue weighted by Gasteiger charge is -2.14. The van der Waals surface area contributed by atoms with Gasteiger partial charge in [-0.1, -0.05) is 24.3 Å². The Labute approximate surface area is 137 Å². The van der Waals surface area contributed by atoms with Crippen LogP contribution in [0.5, 0.6) is 5.75 Å². The van der Waals surface area contributed by atoms with E-state index in [9.17, 15) is 18.4 Å². The lowest BCUT2D eigenvalue weighted by molar-refractivity contribution is -0.153. The summed E-state index contributed by atoms with van der Waals surface area (Å²) in [5, 5.41) is 2.02. The van der Waals surface area contributed by atoms with Crippen LogP contribution in [0.1, 0.15) is 6.92 Å². The van der Waals surface area contributed by atoms with Gasteiger partial charge in [-0.05, 0) is 31.2 Å². The lowest BCUT2D eigenvalue weighted by atomic mass is 10.3. The standard InChI is InChI=1S/C17H15F2NO4/c1-11(24-12-6-3-2-4-7-12)17(22)23-10-15(21)20-16-13(18)8-5-9-14(16)19/h2-9,11H,10H2,1H3,(H,20,21)/t11-/m0/s1. The average molecular weight is 335 g/mol. The minimum Gasteiger partial charge on any atom is -0.479 e. The molecule has 2 rings (SSSR count). The van der Waals surface area contributed by atoms with Crippen molar-refractivity contribution in [1.82, 2.24) is 0 Å². The number of para-hydroxylation sites is 2. The highest BCUT2D eigenvalue weighted by Crippen LogP contribution is 2.17. The lowest BCUT2D eigenvalue weighted by Crippen LogP contribution is -2.30. The van der Waals surface area contributed by atoms with Crippen molar-refractivity contribution in [2.75, 3.05) is 11.9 Å². The molecule has 1 atom stereocenters. The fourth-order valence-corrected chi connectivity index (χ4v) is 1.80. The Morgan fingerprint density at radius 3 is 2.29 bits per heavy atom. The van der Waals surface area contributed by atoms with E-state index < -0.39 is 41.9 Å². The van der Waals surface area contributed by atoms with E-state index in [1.807, 2.05) is 5.32 Å². The Bertz CT molecular complexity index is 702. The van der Waals surface area contributed by atoms with Crippen LogP contribution in [0.25, 0.3) is 0 Å². The SMILES string of the molecule is C[C@H](Oc1ccccc1)C(=O)OCC(=O)Nc1c(F)cccc1F. The van der Waals surface area contributed by atoms with Gasteiger partial charge in [-0.2, -0.15) is 0 Å². The zero-order valence-corrected chi connectivity index (χ0v) is 12.8. The first kappa shape index (κ1) is 17.4. The normalized spacial score (nSPS) is 11.5. The van der Waals surface area contributed by atoms with Crippen molar-refractivity contribution >= 4 is 17.6 Å². The minimum absolute atomic E-state index is 0.472. The molecule has 0 bridgehead atoms. The molecule has 5 nitrogen and oxygen atoms in total. The third-order valence-electron chi connectivity index (χ3n) is 2.96. The summed E-state index contributed by atoms with van der Waals surface area (Å²) in [7, 11) is 0. The molecule has 1 N–H and O–H groups in total. The van der Waals surface area contributed by atoms with Crippen LogP contribution in [0.2, 0.25) is 0 Å². The highest BCUT2D eigenvalue weighted by molar-refractivity contribution is 5.93. The number of halogens is 2. The molecular weight excluding hydrogens is 320 g/mol. The molecule has 0 unspecified atom stereocenters. The summed E-state index contributed by atoms with van der Waals surface area (Å²) >= 11 is 0. The largest absolute Gasteiger partial charge is 0.479 e. The zero-order chi connectivity index (χ0) is 17.5. The number of hydrogen-bond donors (Lipinski definition) is 1. The van der Waals surface area contributed by atoms with Crippen LogP contribution in [0.4, 0.5) is 14.5 Å². The molecule has 0 saturated carbocycles. The van der Waals surface area contributed by atoms with Crippen LogP contribution in [0, 0.1) is 11.6 Å². The Balaban J connectivity index is 1.84. The van der Waals surface area contributed by atoms with Crippen LogP contribution in [-0.2, 0) is 14.3 Å². The van der Waals surface area contributed by atoms with Gasteiger partial charge in [0, 0.05) is 0 Å². The molecule has 0 aliphatic heterocycles. The molecule has 126 valence electrons. The molecule has 0 saturated heterocycles. The van der Waals surface area contributed by atoms with Gasteiger partial charge in [0.1, 0.15) is 23.1 Å². The van der Waals surface area contributed by atoms with Crippen LogP contribution in [0.15, 0.2) is 48.5 Å². The van der Waals surface area contributed by atoms with Crippen molar-refractivity contribution < 1.29 is 27.8 Å². The summed E-state index contributed by atoms with van der Waals surface area (Å²) < 4.78 is 36.9. The van der Waals surface area contributed by atoms with E-state index in [0.717, 1.165) is 12.1 Å². The minimum atomic E-state index is -0.939. The zero-order valence-electron chi connectivity index (χ0n) is 12.8. The Hall–Kier alpha value is -2.96. The third kappa shape index (κ3) is 4.77. The summed E-state index contributed by atoms with van der Waals surface area (Å²) in [6.07, 6.45) is -0.939. The van der Waals surface area contributed by atoms with Gasteiger partial charge < -0.3 is 14.8 Å². The molecule has 0 spiro atoms. The molecule has 0 aliphatic rings. The molecule has 2 aromatic carbocycles. The fraction of sp³-hybridized carbons (Fsp3) is 0.176. The molecule has 24 heavy (non-hydrogen) atoms. The maximum atomic E-state index is 13.4. The van der Waals surface area contributed by atoms with E-state index in [1.165, 1.54) is 13.0 Å². The van der Waals surface area contributed by atoms with E-state index >= 15 is 0 Å². The van der Waals surface area contributed by atoms with Gasteiger partial charge in [0.25, 0.3) is 5.91 Å². The van der Waals surface area contributed by atoms with Crippen LogP contribution in [-0.4, -0.2) is 24.6 Å². The van der Waals surface area contributed by atoms with Crippen molar-refractivity contribution in [3.8, 4) is 5.75 Å². The molecule has 7 heteroatoms. The molecule has 0 fully saturated rings. The molecule has 2 aromatic rings. The van der Waals surface area contributed by atoms with Crippen molar-refractivity contribution in [1.29, 1.82) is 0 Å². The number of hydrogen-bond acceptors (Lipinski definition) is 4. The number of anilines is 1. The monoisotopic (exact) mass is 335 g/mol. The number of esters is 1. The summed E-state index contributed by atoms with van der Waals surface area (Å²) in [6, 6.07) is 11.8. The summed E-state index contributed by atoms with van der Waals surface area (Å²) in [5.41, 5.74) is -0.591. The second-order valence-electron chi connectivity index (χ2n) is 4.83. The number of nitrogens with one attached hydrogen (secondary N) is 1. The van der Waals surface area contributed by atoms with E-state index in [0.29, 0.717) is 5.75 Å². The van der Waals surface area contributed by atoms with Gasteiger partial charge in [-0.25, -0.2) is 13.6 Å². The van der Waals surface area contributed by atoms with Crippen molar-refractivity contribution in [2.45, 2.75) is 13.0 Å². The van der Waals surface area contributed by atoms with Gasteiger partial charge in [-0.15, -0.1) is 0 Å². The second-order valence-corrected chi connectivity index (χ2v) is 4.83. The van der Waals surface area contributed by atoms with Gasteiger partial charge in [0.15, 0.2) is 12.7 Å². The molecule has 0 aliphatic carbocycles. The molecular formula is C17H15F2NO4. The highest BCUT2D eigenvalue weighted by Gasteiger charge is 2.19.